The number of nitrogens with two attached hydrogens (primary N) is 2. The van der Waals surface area contributed by atoms with Crippen molar-refractivity contribution < 1.29 is 73.2 Å². The van der Waals surface area contributed by atoms with Crippen molar-refractivity contribution in [2.45, 2.75) is 99.8 Å². The smallest absolute Gasteiger partial charge is 0.326 e. The Balaban J connectivity index is 1.73. The zero-order valence-corrected chi connectivity index (χ0v) is 41.5. The average Bonchev–Trinajstić information content (AvgIpc) is 3.88. The van der Waals surface area contributed by atoms with Crippen molar-refractivity contribution in [3.8, 4) is 5.75 Å². The van der Waals surface area contributed by atoms with Gasteiger partial charge in [0.1, 0.15) is 54.1 Å². The van der Waals surface area contributed by atoms with Gasteiger partial charge in [0.05, 0.1) is 25.4 Å². The molecule has 0 aliphatic heterocycles. The van der Waals surface area contributed by atoms with Crippen LogP contribution in [0.25, 0.3) is 0 Å². The van der Waals surface area contributed by atoms with E-state index in [0.29, 0.717) is 5.56 Å². The summed E-state index contributed by atoms with van der Waals surface area (Å²) < 4.78 is 0. The Labute approximate surface area is 433 Å². The number of carbonyl (C=O) groups excluding carboxylic acids is 9. The van der Waals surface area contributed by atoms with Gasteiger partial charge in [-0.05, 0) is 43.0 Å². The Kier molecular flexibility index (Phi) is 24.8. The molecule has 3 rings (SSSR count). The molecule has 402 valence electrons. The van der Waals surface area contributed by atoms with Crippen LogP contribution in [0.1, 0.15) is 43.0 Å². The number of hydrogen-bond acceptors (Lipinski definition) is 17. The number of carboxylic acid groups (broad SMARTS) is 2. The van der Waals surface area contributed by atoms with Crippen LogP contribution in [-0.2, 0) is 72.0 Å². The minimum absolute atomic E-state index is 0.0768. The molecule has 0 saturated carbocycles. The Morgan fingerprint density at radius 2 is 1.08 bits per heavy atom. The topological polar surface area (TPSA) is 446 Å². The van der Waals surface area contributed by atoms with Crippen molar-refractivity contribution in [3.05, 3.63) is 83.9 Å². The van der Waals surface area contributed by atoms with Crippen molar-refractivity contribution in [1.82, 2.24) is 52.5 Å². The molecule has 2 aromatic carbocycles. The number of aliphatic carboxylic acids is 2. The van der Waals surface area contributed by atoms with E-state index in [2.05, 4.69) is 77.8 Å². The predicted octanol–water partition coefficient (Wildman–Crippen LogP) is -4.95. The van der Waals surface area contributed by atoms with Gasteiger partial charge >= 0.3 is 11.9 Å². The molecule has 9 amide bonds. The number of aliphatic hydroxyl groups excluding tert-OH is 1. The second-order valence-corrected chi connectivity index (χ2v) is 17.3. The first-order valence-corrected chi connectivity index (χ1v) is 23.8. The summed E-state index contributed by atoms with van der Waals surface area (Å²) in [6, 6.07) is 0.457. The third-order valence-corrected chi connectivity index (χ3v) is 11.5. The number of nitrogens with zero attached hydrogens (tertiary/aromatic N) is 1. The van der Waals surface area contributed by atoms with E-state index in [1.165, 1.54) is 43.7 Å². The summed E-state index contributed by atoms with van der Waals surface area (Å²) in [7, 11) is 0. The number of amides is 9. The number of phenols is 1. The van der Waals surface area contributed by atoms with Gasteiger partial charge in [-0.25, -0.2) is 9.78 Å². The number of benzene rings is 2. The normalized spacial score (nSPS) is 14.6. The van der Waals surface area contributed by atoms with Crippen LogP contribution in [0.5, 0.6) is 5.75 Å². The molecule has 0 saturated heterocycles. The third kappa shape index (κ3) is 20.4. The second kappa shape index (κ2) is 30.3. The lowest BCUT2D eigenvalue weighted by Crippen LogP contribution is -2.61. The summed E-state index contributed by atoms with van der Waals surface area (Å²) in [5, 5.41) is 57.3. The average molecular weight is 1070 g/mol. The third-order valence-electron chi connectivity index (χ3n) is 10.8. The number of aromatic nitrogens is 2. The number of H-pyrrole nitrogens is 1. The quantitative estimate of drug-likeness (QED) is 0.0268. The Morgan fingerprint density at radius 3 is 1.64 bits per heavy atom. The molecule has 74 heavy (non-hydrogen) atoms. The minimum Gasteiger partial charge on any atom is -0.508 e. The van der Waals surface area contributed by atoms with Crippen molar-refractivity contribution in [2.75, 3.05) is 18.1 Å². The molecule has 0 spiro atoms. The van der Waals surface area contributed by atoms with Crippen LogP contribution in [0.2, 0.25) is 0 Å². The molecule has 0 unspecified atom stereocenters. The molecule has 0 bridgehead atoms. The molecule has 3 aromatic rings. The van der Waals surface area contributed by atoms with Gasteiger partial charge in [-0.15, -0.1) is 0 Å². The number of thiol groups is 2. The van der Waals surface area contributed by atoms with Crippen LogP contribution >= 0.6 is 25.3 Å². The molecule has 1 aromatic heterocycles. The Hall–Kier alpha value is -7.76. The SMILES string of the molecule is C[C@H](NC(=O)[C@H](CS)NC(=O)[C@@H](N)Cc1ccccc1)C(=O)N[C@@H](CO)C(=O)N[C@@H](CCC(=O)O)C(=O)N[C@@H](CC(N)=O)C(=O)N[C@@H](Cc1cnc[nH]1)C(=O)N[C@@H](CS)C(=O)N[C@@H](Cc1ccc(O)cc1)C(=O)O. The summed E-state index contributed by atoms with van der Waals surface area (Å²) in [6.07, 6.45) is -0.212. The van der Waals surface area contributed by atoms with Gasteiger partial charge in [0, 0.05) is 42.7 Å². The van der Waals surface area contributed by atoms with Crippen molar-refractivity contribution in [1.29, 1.82) is 0 Å². The number of phenolic OH excluding ortho intramolecular Hbond substituents is 1. The summed E-state index contributed by atoms with van der Waals surface area (Å²) in [4.78, 5) is 150. The van der Waals surface area contributed by atoms with Crippen molar-refractivity contribution in [3.63, 3.8) is 0 Å². The number of carbonyl (C=O) groups is 11. The van der Waals surface area contributed by atoms with Crippen molar-refractivity contribution in [2.24, 2.45) is 11.5 Å². The number of hydrogen-bond donors (Lipinski definition) is 17. The first-order chi connectivity index (χ1) is 35.0. The van der Waals surface area contributed by atoms with E-state index >= 15 is 0 Å². The van der Waals surface area contributed by atoms with Gasteiger partial charge in [0.25, 0.3) is 0 Å². The molecular weight excluding hydrogens is 1010 g/mol. The fourth-order valence-corrected chi connectivity index (χ4v) is 7.21. The van der Waals surface area contributed by atoms with Crippen LogP contribution in [-0.4, -0.2) is 168 Å². The van der Waals surface area contributed by atoms with Gasteiger partial charge in [-0.1, -0.05) is 42.5 Å². The molecule has 0 radical (unpaired) electrons. The van der Waals surface area contributed by atoms with Gasteiger partial charge in [0.2, 0.25) is 53.2 Å². The highest BCUT2D eigenvalue weighted by Crippen LogP contribution is 2.12. The van der Waals surface area contributed by atoms with Crippen molar-refractivity contribution >= 4 is 90.4 Å². The van der Waals surface area contributed by atoms with Gasteiger partial charge in [-0.3, -0.25) is 47.9 Å². The standard InChI is InChI=1S/C45H60N12O15S2/c1-22(50-43(69)33(19-73)56-38(64)27(46)13-23-5-3-2-4-6-23)37(63)55-32(18-58)42(68)51-28(11-12-36(61)62)39(65)53-30(16-35(47)60)41(67)52-29(15-25-17-48-21-49-25)40(66)57-34(20-74)44(70)54-31(45(71)72)14-24-7-9-26(59)10-8-24/h2-10,17,21-22,27-34,58-59,73-74H,11-16,18-20,46H2,1H3,(H2,47,60)(H,48,49)(H,50,69)(H,51,68)(H,52,67)(H,53,65)(H,54,70)(H,55,63)(H,56,64)(H,57,66)(H,61,62)(H,71,72)/t22-,27-,28-,29-,30-,31-,32-,33-,34-/m0/s1. The molecule has 9 atom stereocenters. The van der Waals surface area contributed by atoms with Crippen LogP contribution in [0.15, 0.2) is 67.1 Å². The number of aliphatic hydroxyl groups is 1. The second-order valence-electron chi connectivity index (χ2n) is 16.6. The van der Waals surface area contributed by atoms with Gasteiger partial charge in [0.15, 0.2) is 0 Å². The van der Waals surface area contributed by atoms with Crippen LogP contribution in [0.4, 0.5) is 0 Å². The maximum Gasteiger partial charge on any atom is 0.326 e. The number of aromatic amines is 1. The first kappa shape index (κ1) is 60.5. The highest BCUT2D eigenvalue weighted by Gasteiger charge is 2.35. The number of rotatable bonds is 31. The lowest BCUT2D eigenvalue weighted by molar-refractivity contribution is -0.142. The van der Waals surface area contributed by atoms with Crippen LogP contribution in [0, 0.1) is 0 Å². The largest absolute Gasteiger partial charge is 0.508 e. The van der Waals surface area contributed by atoms with E-state index in [1.54, 1.807) is 30.3 Å². The van der Waals surface area contributed by atoms with E-state index in [0.717, 1.165) is 5.56 Å². The molecule has 0 fully saturated rings. The monoisotopic (exact) mass is 1070 g/mol. The Bertz CT molecular complexity index is 2440. The molecule has 29 heteroatoms. The number of aromatic hydroxyl groups is 1. The number of nitrogens with one attached hydrogen (secondary N) is 9. The minimum atomic E-state index is -1.91. The lowest BCUT2D eigenvalue weighted by Gasteiger charge is -2.27. The van der Waals surface area contributed by atoms with Crippen LogP contribution in [0.3, 0.4) is 0 Å². The highest BCUT2D eigenvalue weighted by atomic mass is 32.1. The van der Waals surface area contributed by atoms with E-state index in [-0.39, 0.29) is 42.2 Å². The number of carboxylic acids is 2. The van der Waals surface area contributed by atoms with Crippen LogP contribution < -0.4 is 54.0 Å². The van der Waals surface area contributed by atoms with Gasteiger partial charge < -0.3 is 79.4 Å². The van der Waals surface area contributed by atoms with E-state index in [4.69, 9.17) is 11.5 Å². The fraction of sp³-hybridized carbons (Fsp3) is 0.422. The summed E-state index contributed by atoms with van der Waals surface area (Å²) in [6.45, 7) is 0.116. The number of primary amides is 1. The van der Waals surface area contributed by atoms with E-state index in [9.17, 15) is 73.2 Å². The Morgan fingerprint density at radius 1 is 0.595 bits per heavy atom. The molecule has 17 N–H and O–H groups in total. The first-order valence-electron chi connectivity index (χ1n) is 22.6. The van der Waals surface area contributed by atoms with Gasteiger partial charge in [-0.2, -0.15) is 25.3 Å². The number of imidazole rings is 1. The summed E-state index contributed by atoms with van der Waals surface area (Å²) >= 11 is 8.24. The van der Waals surface area contributed by atoms with E-state index < -0.39 is 145 Å². The molecular formula is C45H60N12O15S2. The molecule has 0 aliphatic carbocycles. The summed E-state index contributed by atoms with van der Waals surface area (Å²) in [5.41, 5.74) is 12.9. The highest BCUT2D eigenvalue weighted by molar-refractivity contribution is 7.80. The fourth-order valence-electron chi connectivity index (χ4n) is 6.70. The maximum absolute atomic E-state index is 13.9. The summed E-state index contributed by atoms with van der Waals surface area (Å²) in [5.74, 6) is -13.0. The maximum atomic E-state index is 13.9. The zero-order valence-electron chi connectivity index (χ0n) is 39.7. The predicted molar refractivity (Wildman–Crippen MR) is 266 cm³/mol. The molecule has 0 aliphatic rings. The molecule has 1 heterocycles. The zero-order chi connectivity index (χ0) is 55.1. The molecule has 27 nitrogen and oxygen atoms in total. The van der Waals surface area contributed by atoms with E-state index in [1.807, 2.05) is 0 Å². The lowest BCUT2D eigenvalue weighted by atomic mass is 10.0.